The van der Waals surface area contributed by atoms with E-state index >= 15 is 4.39 Å². The summed E-state index contributed by atoms with van der Waals surface area (Å²) in [5.41, 5.74) is 5.55. The minimum Gasteiger partial charge on any atom is -0.496 e. The smallest absolute Gasteiger partial charge is 0.341 e. The summed E-state index contributed by atoms with van der Waals surface area (Å²) in [6, 6.07) is 0.518. The van der Waals surface area contributed by atoms with Gasteiger partial charge in [-0.05, 0) is 57.3 Å². The first-order valence-corrected chi connectivity index (χ1v) is 9.41. The number of methoxy groups -OCH3 is 2. The van der Waals surface area contributed by atoms with Gasteiger partial charge in [-0.2, -0.15) is 0 Å². The Labute approximate surface area is 168 Å². The summed E-state index contributed by atoms with van der Waals surface area (Å²) in [5.74, 6) is -4.13. The number of likely N-dealkylation sites (tertiary alicyclic amines) is 1. The number of hydrogen-bond acceptors (Lipinski definition) is 6. The van der Waals surface area contributed by atoms with Crippen molar-refractivity contribution < 1.29 is 33.4 Å². The lowest BCUT2D eigenvalue weighted by atomic mass is 9.89. The third-order valence-electron chi connectivity index (χ3n) is 5.40. The number of nitrogens with two attached hydrogens (primary N) is 1. The van der Waals surface area contributed by atoms with Gasteiger partial charge in [-0.3, -0.25) is 14.5 Å². The molecular formula is C20H27FN2O6. The second-order valence-electron chi connectivity index (χ2n) is 7.18. The quantitative estimate of drug-likeness (QED) is 0.592. The molecule has 160 valence electrons. The normalized spacial score (nSPS) is 16.3. The van der Waals surface area contributed by atoms with Crippen LogP contribution in [0.25, 0.3) is 0 Å². The van der Waals surface area contributed by atoms with E-state index in [9.17, 15) is 19.5 Å². The summed E-state index contributed by atoms with van der Waals surface area (Å²) in [6.07, 6.45) is 1.57. The highest BCUT2D eigenvalue weighted by atomic mass is 19.1. The number of carbonyl (C=O) groups is 3. The fraction of sp³-hybridized carbons (Fsp3) is 0.550. The summed E-state index contributed by atoms with van der Waals surface area (Å²) in [7, 11) is 2.52. The van der Waals surface area contributed by atoms with Crippen molar-refractivity contribution in [3.63, 3.8) is 0 Å². The predicted molar refractivity (Wildman–Crippen MR) is 102 cm³/mol. The van der Waals surface area contributed by atoms with Crippen LogP contribution in [-0.2, 0) is 20.7 Å². The van der Waals surface area contributed by atoms with Gasteiger partial charge in [0.05, 0.1) is 14.2 Å². The van der Waals surface area contributed by atoms with Crippen LogP contribution in [0.3, 0.4) is 0 Å². The van der Waals surface area contributed by atoms with E-state index < -0.39 is 35.6 Å². The van der Waals surface area contributed by atoms with Crippen molar-refractivity contribution in [3.8, 4) is 5.75 Å². The summed E-state index contributed by atoms with van der Waals surface area (Å²) in [5, 5.41) is 9.60. The third kappa shape index (κ3) is 5.03. The first-order valence-electron chi connectivity index (χ1n) is 9.41. The summed E-state index contributed by atoms with van der Waals surface area (Å²) in [6.45, 7) is 2.78. The molecule has 1 aliphatic rings. The van der Waals surface area contributed by atoms with Crippen molar-refractivity contribution >= 4 is 17.8 Å². The van der Waals surface area contributed by atoms with Crippen LogP contribution in [0.4, 0.5) is 4.39 Å². The van der Waals surface area contributed by atoms with Crippen LogP contribution >= 0.6 is 0 Å². The Bertz CT molecular complexity index is 792. The van der Waals surface area contributed by atoms with Gasteiger partial charge < -0.3 is 20.3 Å². The van der Waals surface area contributed by atoms with Gasteiger partial charge in [0.25, 0.3) is 0 Å². The number of primary amides is 1. The minimum absolute atomic E-state index is 0.0437. The van der Waals surface area contributed by atoms with Gasteiger partial charge in [0.1, 0.15) is 23.2 Å². The third-order valence-corrected chi connectivity index (χ3v) is 5.40. The number of aliphatic carboxylic acids is 1. The monoisotopic (exact) mass is 410 g/mol. The number of carboxylic acid groups (broad SMARTS) is 1. The molecule has 9 heteroatoms. The average Bonchev–Trinajstić information content (AvgIpc) is 3.20. The maximum atomic E-state index is 15.1. The molecule has 1 aromatic carbocycles. The maximum absolute atomic E-state index is 15.1. The van der Waals surface area contributed by atoms with Crippen LogP contribution in [0.1, 0.15) is 40.7 Å². The molecule has 2 atom stereocenters. The highest BCUT2D eigenvalue weighted by Crippen LogP contribution is 2.30. The molecule has 0 aliphatic carbocycles. The lowest BCUT2D eigenvalue weighted by Gasteiger charge is -2.27. The largest absolute Gasteiger partial charge is 0.496 e. The van der Waals surface area contributed by atoms with Gasteiger partial charge in [0.15, 0.2) is 0 Å². The molecule has 0 bridgehead atoms. The second kappa shape index (κ2) is 9.69. The standard InChI is InChI=1S/C20H27FN2O6/c1-11-15(28-2)10-12(17(21)16(11)20(27)29-3)8-13(18(22)24)9-14(19(25)26)23-6-4-5-7-23/h10,13-14H,4-9H2,1-3H3,(H2,22,24)(H,25,26). The Morgan fingerprint density at radius 1 is 1.28 bits per heavy atom. The molecule has 1 aromatic rings. The van der Waals surface area contributed by atoms with E-state index in [1.807, 2.05) is 0 Å². The van der Waals surface area contributed by atoms with Gasteiger partial charge in [0.2, 0.25) is 5.91 Å². The molecule has 2 rings (SSSR count). The Morgan fingerprint density at radius 2 is 1.90 bits per heavy atom. The van der Waals surface area contributed by atoms with Gasteiger partial charge in [-0.25, -0.2) is 9.18 Å². The van der Waals surface area contributed by atoms with Crippen molar-refractivity contribution in [1.82, 2.24) is 4.90 Å². The first-order chi connectivity index (χ1) is 13.7. The van der Waals surface area contributed by atoms with Gasteiger partial charge in [0, 0.05) is 11.5 Å². The maximum Gasteiger partial charge on any atom is 0.341 e. The fourth-order valence-corrected chi connectivity index (χ4v) is 3.78. The summed E-state index contributed by atoms with van der Waals surface area (Å²) < 4.78 is 25.0. The summed E-state index contributed by atoms with van der Waals surface area (Å²) >= 11 is 0. The minimum atomic E-state index is -1.05. The molecule has 0 radical (unpaired) electrons. The zero-order valence-corrected chi connectivity index (χ0v) is 16.9. The van der Waals surface area contributed by atoms with Crippen molar-refractivity contribution in [2.75, 3.05) is 27.3 Å². The molecule has 0 aromatic heterocycles. The van der Waals surface area contributed by atoms with Crippen molar-refractivity contribution in [1.29, 1.82) is 0 Å². The van der Waals surface area contributed by atoms with E-state index in [1.165, 1.54) is 20.1 Å². The zero-order chi connectivity index (χ0) is 21.7. The highest BCUT2D eigenvalue weighted by molar-refractivity contribution is 5.92. The zero-order valence-electron chi connectivity index (χ0n) is 16.9. The molecule has 1 saturated heterocycles. The number of halogens is 1. The molecule has 2 unspecified atom stereocenters. The SMILES string of the molecule is COC(=O)c1c(C)c(OC)cc(CC(CC(C(=O)O)N2CCCC2)C(N)=O)c1F. The van der Waals surface area contributed by atoms with Crippen LogP contribution in [0, 0.1) is 18.7 Å². The number of ether oxygens (including phenoxy) is 2. The molecule has 1 fully saturated rings. The van der Waals surface area contributed by atoms with Gasteiger partial charge in [-0.1, -0.05) is 0 Å². The lowest BCUT2D eigenvalue weighted by molar-refractivity contribution is -0.143. The topological polar surface area (TPSA) is 119 Å². The van der Waals surface area contributed by atoms with E-state index in [2.05, 4.69) is 4.74 Å². The summed E-state index contributed by atoms with van der Waals surface area (Å²) in [4.78, 5) is 37.6. The van der Waals surface area contributed by atoms with Gasteiger partial charge >= 0.3 is 11.9 Å². The van der Waals surface area contributed by atoms with E-state index in [0.29, 0.717) is 13.1 Å². The molecule has 1 heterocycles. The first kappa shape index (κ1) is 22.6. The van der Waals surface area contributed by atoms with Crippen molar-refractivity contribution in [2.45, 2.75) is 38.6 Å². The van der Waals surface area contributed by atoms with E-state index in [4.69, 9.17) is 10.5 Å². The predicted octanol–water partition coefficient (Wildman–Crippen LogP) is 1.51. The van der Waals surface area contributed by atoms with Crippen molar-refractivity contribution in [3.05, 3.63) is 28.6 Å². The van der Waals surface area contributed by atoms with Crippen LogP contribution in [0.2, 0.25) is 0 Å². The van der Waals surface area contributed by atoms with E-state index in [1.54, 1.807) is 4.90 Å². The van der Waals surface area contributed by atoms with E-state index in [0.717, 1.165) is 20.0 Å². The molecule has 8 nitrogen and oxygen atoms in total. The van der Waals surface area contributed by atoms with Crippen LogP contribution < -0.4 is 10.5 Å². The number of carbonyl (C=O) groups excluding carboxylic acids is 2. The molecule has 1 amide bonds. The number of esters is 1. The molecular weight excluding hydrogens is 383 g/mol. The number of nitrogens with zero attached hydrogens (tertiary/aromatic N) is 1. The second-order valence-corrected chi connectivity index (χ2v) is 7.18. The number of benzene rings is 1. The average molecular weight is 410 g/mol. The molecule has 0 saturated carbocycles. The Kier molecular flexibility index (Phi) is 7.55. The molecule has 0 spiro atoms. The van der Waals surface area contributed by atoms with Crippen LogP contribution in [0.15, 0.2) is 6.07 Å². The fourth-order valence-electron chi connectivity index (χ4n) is 3.78. The lowest BCUT2D eigenvalue weighted by Crippen LogP contribution is -2.43. The Hall–Kier alpha value is -2.68. The molecule has 29 heavy (non-hydrogen) atoms. The Morgan fingerprint density at radius 3 is 2.38 bits per heavy atom. The van der Waals surface area contributed by atoms with Gasteiger partial charge in [-0.15, -0.1) is 0 Å². The number of amides is 1. The number of rotatable bonds is 9. The van der Waals surface area contributed by atoms with Crippen molar-refractivity contribution in [2.24, 2.45) is 11.7 Å². The molecule has 1 aliphatic heterocycles. The Balaban J connectivity index is 2.38. The van der Waals surface area contributed by atoms with Crippen LogP contribution in [0.5, 0.6) is 5.75 Å². The molecule has 3 N–H and O–H groups in total. The number of carboxylic acids is 1. The highest BCUT2D eigenvalue weighted by Gasteiger charge is 2.33. The number of hydrogen-bond donors (Lipinski definition) is 2. The van der Waals surface area contributed by atoms with Crippen LogP contribution in [-0.4, -0.2) is 61.2 Å². The van der Waals surface area contributed by atoms with E-state index in [-0.39, 0.29) is 35.3 Å².